The van der Waals surface area contributed by atoms with Gasteiger partial charge in [0.05, 0.1) is 12.7 Å². The van der Waals surface area contributed by atoms with E-state index in [4.69, 9.17) is 9.47 Å². The van der Waals surface area contributed by atoms with E-state index in [1.165, 1.54) is 11.3 Å². The largest absolute Gasteiger partial charge is 0.494 e. The Kier molecular flexibility index (Phi) is 5.33. The Labute approximate surface area is 128 Å². The van der Waals surface area contributed by atoms with Gasteiger partial charge in [0, 0.05) is 10.9 Å². The topological polar surface area (TPSA) is 48.4 Å². The Hall–Kier alpha value is -1.88. The van der Waals surface area contributed by atoms with Gasteiger partial charge in [0.1, 0.15) is 10.8 Å². The molecule has 0 saturated carbocycles. The molecule has 0 N–H and O–H groups in total. The number of carbonyl (C=O) groups excluding carboxylic acids is 1. The van der Waals surface area contributed by atoms with Crippen LogP contribution in [0.1, 0.15) is 37.7 Å². The van der Waals surface area contributed by atoms with Crippen molar-refractivity contribution in [2.45, 2.75) is 33.3 Å². The number of aromatic nitrogens is 1. The molecule has 1 atom stereocenters. The van der Waals surface area contributed by atoms with Crippen LogP contribution in [0, 0.1) is 0 Å². The molecule has 0 radical (unpaired) electrons. The van der Waals surface area contributed by atoms with Crippen LogP contribution >= 0.6 is 11.3 Å². The lowest BCUT2D eigenvalue weighted by molar-refractivity contribution is 0.0328. The molecule has 0 fully saturated rings. The summed E-state index contributed by atoms with van der Waals surface area (Å²) >= 11 is 1.43. The number of hydrogen-bond donors (Lipinski definition) is 0. The first kappa shape index (κ1) is 15.5. The van der Waals surface area contributed by atoms with Crippen LogP contribution < -0.4 is 4.74 Å². The van der Waals surface area contributed by atoms with Crippen molar-refractivity contribution in [1.82, 2.24) is 4.98 Å². The lowest BCUT2D eigenvalue weighted by atomic mass is 10.2. The van der Waals surface area contributed by atoms with Crippen molar-refractivity contribution in [3.8, 4) is 16.3 Å². The van der Waals surface area contributed by atoms with Gasteiger partial charge in [0.25, 0.3) is 0 Å². The number of hydrogen-bond acceptors (Lipinski definition) is 5. The fourth-order valence-electron chi connectivity index (χ4n) is 1.69. The van der Waals surface area contributed by atoms with Gasteiger partial charge in [-0.3, -0.25) is 0 Å². The van der Waals surface area contributed by atoms with E-state index in [0.717, 1.165) is 22.7 Å². The fourth-order valence-corrected chi connectivity index (χ4v) is 2.48. The molecule has 112 valence electrons. The molecule has 1 aromatic carbocycles. The molecule has 1 aromatic heterocycles. The average molecular weight is 305 g/mol. The first-order chi connectivity index (χ1) is 10.1. The minimum atomic E-state index is -0.363. The number of benzene rings is 1. The highest BCUT2D eigenvalue weighted by Gasteiger charge is 2.15. The molecule has 0 aliphatic heterocycles. The van der Waals surface area contributed by atoms with Crippen molar-refractivity contribution < 1.29 is 14.3 Å². The minimum Gasteiger partial charge on any atom is -0.494 e. The van der Waals surface area contributed by atoms with E-state index < -0.39 is 0 Å². The van der Waals surface area contributed by atoms with Gasteiger partial charge in [-0.2, -0.15) is 0 Å². The van der Waals surface area contributed by atoms with E-state index in [-0.39, 0.29) is 12.1 Å². The monoisotopic (exact) mass is 305 g/mol. The molecular weight excluding hydrogens is 286 g/mol. The van der Waals surface area contributed by atoms with Crippen LogP contribution in [0.5, 0.6) is 5.75 Å². The predicted molar refractivity (Wildman–Crippen MR) is 83.9 cm³/mol. The Morgan fingerprint density at radius 3 is 2.62 bits per heavy atom. The predicted octanol–water partition coefficient (Wildman–Crippen LogP) is 4.16. The van der Waals surface area contributed by atoms with E-state index in [1.807, 2.05) is 45.0 Å². The zero-order chi connectivity index (χ0) is 15.2. The van der Waals surface area contributed by atoms with E-state index in [9.17, 15) is 4.79 Å². The van der Waals surface area contributed by atoms with Gasteiger partial charge in [-0.15, -0.1) is 11.3 Å². The van der Waals surface area contributed by atoms with Crippen molar-refractivity contribution in [1.29, 1.82) is 0 Å². The second kappa shape index (κ2) is 7.22. The number of rotatable bonds is 6. The molecule has 2 aromatic rings. The van der Waals surface area contributed by atoms with Crippen LogP contribution in [0.25, 0.3) is 10.6 Å². The quantitative estimate of drug-likeness (QED) is 0.752. The lowest BCUT2D eigenvalue weighted by Crippen LogP contribution is -2.14. The van der Waals surface area contributed by atoms with E-state index in [1.54, 1.807) is 5.38 Å². The summed E-state index contributed by atoms with van der Waals surface area (Å²) in [4.78, 5) is 16.2. The van der Waals surface area contributed by atoms with Gasteiger partial charge in [0.15, 0.2) is 5.69 Å². The number of ether oxygens (including phenoxy) is 2. The van der Waals surface area contributed by atoms with Gasteiger partial charge in [-0.05, 0) is 44.5 Å². The normalized spacial score (nSPS) is 12.0. The minimum absolute atomic E-state index is 0.0897. The molecule has 21 heavy (non-hydrogen) atoms. The Balaban J connectivity index is 2.10. The molecule has 0 aliphatic carbocycles. The fraction of sp³-hybridized carbons (Fsp3) is 0.375. The molecule has 1 unspecified atom stereocenters. The summed E-state index contributed by atoms with van der Waals surface area (Å²) in [6.45, 7) is 6.44. The third-order valence-corrected chi connectivity index (χ3v) is 3.90. The van der Waals surface area contributed by atoms with Crippen molar-refractivity contribution >= 4 is 17.3 Å². The standard InChI is InChI=1S/C16H19NO3S/c1-4-11(3)20-16(18)14-10-21-15(17-14)12-6-8-13(9-7-12)19-5-2/h6-11H,4-5H2,1-3H3. The van der Waals surface area contributed by atoms with Crippen LogP contribution in [0.2, 0.25) is 0 Å². The molecule has 0 spiro atoms. The van der Waals surface area contributed by atoms with Crippen molar-refractivity contribution in [2.75, 3.05) is 6.61 Å². The third-order valence-electron chi connectivity index (χ3n) is 3.01. The van der Waals surface area contributed by atoms with E-state index >= 15 is 0 Å². The van der Waals surface area contributed by atoms with Gasteiger partial charge in [0.2, 0.25) is 0 Å². The summed E-state index contributed by atoms with van der Waals surface area (Å²) in [5.41, 5.74) is 1.33. The Morgan fingerprint density at radius 2 is 2.00 bits per heavy atom. The highest BCUT2D eigenvalue weighted by molar-refractivity contribution is 7.13. The molecule has 0 saturated heterocycles. The molecule has 2 rings (SSSR count). The summed E-state index contributed by atoms with van der Waals surface area (Å²) in [6.07, 6.45) is 0.704. The summed E-state index contributed by atoms with van der Waals surface area (Å²) in [6, 6.07) is 7.68. The van der Waals surface area contributed by atoms with Crippen LogP contribution in [-0.2, 0) is 4.74 Å². The van der Waals surface area contributed by atoms with Gasteiger partial charge >= 0.3 is 5.97 Å². The van der Waals surface area contributed by atoms with Crippen molar-refractivity contribution in [3.05, 3.63) is 35.3 Å². The molecular formula is C16H19NO3S. The molecule has 5 heteroatoms. The van der Waals surface area contributed by atoms with Crippen molar-refractivity contribution in [2.24, 2.45) is 0 Å². The SMILES string of the molecule is CCOc1ccc(-c2nc(C(=O)OC(C)CC)cs2)cc1. The Bertz CT molecular complexity index is 592. The van der Waals surface area contributed by atoms with Crippen molar-refractivity contribution in [3.63, 3.8) is 0 Å². The van der Waals surface area contributed by atoms with Crippen LogP contribution in [-0.4, -0.2) is 23.7 Å². The van der Waals surface area contributed by atoms with Gasteiger partial charge in [-0.25, -0.2) is 9.78 Å². The summed E-state index contributed by atoms with van der Waals surface area (Å²) in [7, 11) is 0. The molecule has 0 aliphatic rings. The smallest absolute Gasteiger partial charge is 0.358 e. The Morgan fingerprint density at radius 1 is 1.29 bits per heavy atom. The lowest BCUT2D eigenvalue weighted by Gasteiger charge is -2.08. The molecule has 0 amide bonds. The highest BCUT2D eigenvalue weighted by Crippen LogP contribution is 2.26. The number of thiazole rings is 1. The second-order valence-corrected chi connectivity index (χ2v) is 5.48. The number of carbonyl (C=O) groups is 1. The average Bonchev–Trinajstić information content (AvgIpc) is 2.98. The van der Waals surface area contributed by atoms with Crippen LogP contribution in [0.3, 0.4) is 0 Å². The second-order valence-electron chi connectivity index (χ2n) is 4.62. The van der Waals surface area contributed by atoms with Crippen LogP contribution in [0.15, 0.2) is 29.6 Å². The molecule has 1 heterocycles. The number of esters is 1. The molecule has 4 nitrogen and oxygen atoms in total. The highest BCUT2D eigenvalue weighted by atomic mass is 32.1. The summed E-state index contributed by atoms with van der Waals surface area (Å²) in [5.74, 6) is 0.465. The maximum Gasteiger partial charge on any atom is 0.358 e. The van der Waals surface area contributed by atoms with E-state index in [0.29, 0.717) is 12.3 Å². The number of nitrogens with zero attached hydrogens (tertiary/aromatic N) is 1. The first-order valence-corrected chi connectivity index (χ1v) is 7.91. The zero-order valence-corrected chi connectivity index (χ0v) is 13.3. The maximum atomic E-state index is 11.9. The summed E-state index contributed by atoms with van der Waals surface area (Å²) < 4.78 is 10.7. The third kappa shape index (κ3) is 4.04. The molecule has 0 bridgehead atoms. The van der Waals surface area contributed by atoms with E-state index in [2.05, 4.69) is 4.98 Å². The zero-order valence-electron chi connectivity index (χ0n) is 12.5. The van der Waals surface area contributed by atoms with Gasteiger partial charge < -0.3 is 9.47 Å². The first-order valence-electron chi connectivity index (χ1n) is 7.03. The van der Waals surface area contributed by atoms with Crippen LogP contribution in [0.4, 0.5) is 0 Å². The maximum absolute atomic E-state index is 11.9. The summed E-state index contributed by atoms with van der Waals surface area (Å²) in [5, 5.41) is 2.53. The van der Waals surface area contributed by atoms with Gasteiger partial charge in [-0.1, -0.05) is 6.92 Å².